The predicted molar refractivity (Wildman–Crippen MR) is 103 cm³/mol. The third-order valence-electron chi connectivity index (χ3n) is 4.89. The van der Waals surface area contributed by atoms with Gasteiger partial charge in [0.2, 0.25) is 0 Å². The molecule has 5 heteroatoms. The number of ether oxygens (including phenoxy) is 1. The van der Waals surface area contributed by atoms with Crippen LogP contribution in [0.4, 0.5) is 0 Å². The summed E-state index contributed by atoms with van der Waals surface area (Å²) in [6.45, 7) is 2.65. The molecule has 0 bridgehead atoms. The van der Waals surface area contributed by atoms with Gasteiger partial charge < -0.3 is 9.64 Å². The molecule has 1 aliphatic rings. The summed E-state index contributed by atoms with van der Waals surface area (Å²) in [6, 6.07) is 9.91. The lowest BCUT2D eigenvalue weighted by molar-refractivity contribution is -0.145. The van der Waals surface area contributed by atoms with Crippen LogP contribution in [0.1, 0.15) is 46.1 Å². The van der Waals surface area contributed by atoms with Crippen LogP contribution in [0.25, 0.3) is 0 Å². The topological polar surface area (TPSA) is 46.6 Å². The van der Waals surface area contributed by atoms with Gasteiger partial charge in [-0.3, -0.25) is 9.59 Å². The second kappa shape index (κ2) is 8.49. The van der Waals surface area contributed by atoms with Crippen molar-refractivity contribution in [3.63, 3.8) is 0 Å². The van der Waals surface area contributed by atoms with E-state index in [0.29, 0.717) is 13.1 Å². The number of hydrogen-bond donors (Lipinski definition) is 0. The first-order chi connectivity index (χ1) is 12.6. The van der Waals surface area contributed by atoms with Crippen LogP contribution in [-0.2, 0) is 28.9 Å². The van der Waals surface area contributed by atoms with E-state index in [1.165, 1.54) is 24.0 Å². The maximum Gasteiger partial charge on any atom is 0.310 e. The number of nitrogens with zero attached hydrogens (tertiary/aromatic N) is 1. The molecule has 0 N–H and O–H groups in total. The number of fused-ring (bicyclic) bond motifs is 1. The molecule has 26 heavy (non-hydrogen) atoms. The van der Waals surface area contributed by atoms with Gasteiger partial charge in [0.05, 0.1) is 18.6 Å². The second-order valence-corrected chi connectivity index (χ2v) is 7.82. The zero-order valence-electron chi connectivity index (χ0n) is 15.4. The van der Waals surface area contributed by atoms with E-state index in [4.69, 9.17) is 4.74 Å². The molecule has 138 valence electrons. The molecule has 2 aromatic rings. The molecule has 0 spiro atoms. The highest BCUT2D eigenvalue weighted by Gasteiger charge is 2.27. The average Bonchev–Trinajstić information content (AvgIpc) is 3.11. The Morgan fingerprint density at radius 3 is 2.65 bits per heavy atom. The number of carbonyl (C=O) groups is 2. The van der Waals surface area contributed by atoms with Crippen molar-refractivity contribution >= 4 is 23.2 Å². The summed E-state index contributed by atoms with van der Waals surface area (Å²) in [5.74, 6) is -0.630. The standard InChI is InChI=1S/C21H25NO3S/c1-15(21(24)25-2)12-22(13-16-8-4-3-5-9-16)20(23)18-14-26-19-11-7-6-10-17(18)19/h3-5,8-9,14-15H,6-7,10-13H2,1-2H3. The van der Waals surface area contributed by atoms with Crippen LogP contribution in [-0.4, -0.2) is 30.4 Å². The summed E-state index contributed by atoms with van der Waals surface area (Å²) in [6.07, 6.45) is 4.39. The summed E-state index contributed by atoms with van der Waals surface area (Å²) < 4.78 is 4.85. The lowest BCUT2D eigenvalue weighted by atomic mass is 9.95. The maximum absolute atomic E-state index is 13.3. The summed E-state index contributed by atoms with van der Waals surface area (Å²) in [4.78, 5) is 28.3. The zero-order valence-corrected chi connectivity index (χ0v) is 16.2. The van der Waals surface area contributed by atoms with Crippen LogP contribution in [0, 0.1) is 5.92 Å². The van der Waals surface area contributed by atoms with Crippen molar-refractivity contribution in [3.05, 3.63) is 57.3 Å². The monoisotopic (exact) mass is 371 g/mol. The molecule has 4 nitrogen and oxygen atoms in total. The van der Waals surface area contributed by atoms with E-state index in [2.05, 4.69) is 0 Å². The molecule has 3 rings (SSSR count). The molecule has 1 atom stereocenters. The van der Waals surface area contributed by atoms with Gasteiger partial charge in [0.25, 0.3) is 5.91 Å². The Bertz CT molecular complexity index is 769. The van der Waals surface area contributed by atoms with Crippen molar-refractivity contribution in [3.8, 4) is 0 Å². The van der Waals surface area contributed by atoms with Crippen LogP contribution in [0.5, 0.6) is 0 Å². The second-order valence-electron chi connectivity index (χ2n) is 6.85. The van der Waals surface area contributed by atoms with Crippen LogP contribution in [0.3, 0.4) is 0 Å². The van der Waals surface area contributed by atoms with Gasteiger partial charge in [-0.25, -0.2) is 0 Å². The SMILES string of the molecule is COC(=O)C(C)CN(Cc1ccccc1)C(=O)c1csc2c1CCCC2. The first-order valence-corrected chi connectivity index (χ1v) is 9.98. The van der Waals surface area contributed by atoms with E-state index >= 15 is 0 Å². The van der Waals surface area contributed by atoms with Crippen molar-refractivity contribution in [2.75, 3.05) is 13.7 Å². The first kappa shape index (κ1) is 18.6. The Balaban J connectivity index is 1.85. The minimum Gasteiger partial charge on any atom is -0.469 e. The summed E-state index contributed by atoms with van der Waals surface area (Å²) in [5.41, 5.74) is 3.09. The molecular weight excluding hydrogens is 346 g/mol. The number of methoxy groups -OCH3 is 1. The van der Waals surface area contributed by atoms with Gasteiger partial charge in [0.1, 0.15) is 0 Å². The predicted octanol–water partition coefficient (Wildman–Crippen LogP) is 4.08. The molecule has 0 saturated carbocycles. The Morgan fingerprint density at radius 2 is 1.92 bits per heavy atom. The van der Waals surface area contributed by atoms with E-state index in [1.807, 2.05) is 35.7 Å². The van der Waals surface area contributed by atoms with Crippen LogP contribution in [0.2, 0.25) is 0 Å². The summed E-state index contributed by atoms with van der Waals surface area (Å²) in [5, 5.41) is 2.00. The number of esters is 1. The molecule has 1 aliphatic carbocycles. The lowest BCUT2D eigenvalue weighted by Crippen LogP contribution is -2.37. The number of aryl methyl sites for hydroxylation is 1. The van der Waals surface area contributed by atoms with Crippen molar-refractivity contribution in [2.24, 2.45) is 5.92 Å². The van der Waals surface area contributed by atoms with Gasteiger partial charge in [-0.15, -0.1) is 11.3 Å². The molecule has 1 aromatic heterocycles. The fourth-order valence-electron chi connectivity index (χ4n) is 3.47. The molecular formula is C21H25NO3S. The van der Waals surface area contributed by atoms with Gasteiger partial charge in [-0.2, -0.15) is 0 Å². The zero-order chi connectivity index (χ0) is 18.5. The highest BCUT2D eigenvalue weighted by atomic mass is 32.1. The third-order valence-corrected chi connectivity index (χ3v) is 5.98. The quantitative estimate of drug-likeness (QED) is 0.719. The molecule has 0 aliphatic heterocycles. The number of rotatable bonds is 6. The van der Waals surface area contributed by atoms with Crippen LogP contribution >= 0.6 is 11.3 Å². The molecule has 0 radical (unpaired) electrons. The Hall–Kier alpha value is -2.14. The minimum absolute atomic E-state index is 0.0176. The highest BCUT2D eigenvalue weighted by molar-refractivity contribution is 7.10. The fraction of sp³-hybridized carbons (Fsp3) is 0.429. The van der Waals surface area contributed by atoms with Gasteiger partial charge in [0.15, 0.2) is 0 Å². The van der Waals surface area contributed by atoms with Crippen molar-refractivity contribution in [1.29, 1.82) is 0 Å². The van der Waals surface area contributed by atoms with E-state index in [1.54, 1.807) is 23.2 Å². The van der Waals surface area contributed by atoms with Crippen LogP contribution in [0.15, 0.2) is 35.7 Å². The minimum atomic E-state index is -0.359. The molecule has 1 amide bonds. The first-order valence-electron chi connectivity index (χ1n) is 9.10. The molecule has 0 saturated heterocycles. The normalized spacial score (nSPS) is 14.4. The number of hydrogen-bond acceptors (Lipinski definition) is 4. The van der Waals surface area contributed by atoms with Crippen molar-refractivity contribution in [2.45, 2.75) is 39.2 Å². The fourth-order valence-corrected chi connectivity index (χ4v) is 4.59. The Morgan fingerprint density at radius 1 is 1.19 bits per heavy atom. The van der Waals surface area contributed by atoms with Crippen molar-refractivity contribution < 1.29 is 14.3 Å². The van der Waals surface area contributed by atoms with Gasteiger partial charge in [-0.1, -0.05) is 37.3 Å². The number of carbonyl (C=O) groups excluding carboxylic acids is 2. The van der Waals surface area contributed by atoms with E-state index in [0.717, 1.165) is 30.4 Å². The van der Waals surface area contributed by atoms with Gasteiger partial charge >= 0.3 is 5.97 Å². The lowest BCUT2D eigenvalue weighted by Gasteiger charge is -2.26. The van der Waals surface area contributed by atoms with Gasteiger partial charge in [0, 0.05) is 23.3 Å². The van der Waals surface area contributed by atoms with E-state index < -0.39 is 0 Å². The number of benzene rings is 1. The largest absolute Gasteiger partial charge is 0.469 e. The van der Waals surface area contributed by atoms with E-state index in [9.17, 15) is 9.59 Å². The van der Waals surface area contributed by atoms with Crippen LogP contribution < -0.4 is 0 Å². The molecule has 0 fully saturated rings. The Kier molecular flexibility index (Phi) is 6.09. The average molecular weight is 372 g/mol. The smallest absolute Gasteiger partial charge is 0.310 e. The highest BCUT2D eigenvalue weighted by Crippen LogP contribution is 2.31. The molecule has 1 heterocycles. The van der Waals surface area contributed by atoms with E-state index in [-0.39, 0.29) is 17.8 Å². The summed E-state index contributed by atoms with van der Waals surface area (Å²) in [7, 11) is 1.39. The molecule has 1 unspecified atom stereocenters. The Labute approximate surface area is 158 Å². The number of amides is 1. The maximum atomic E-state index is 13.3. The molecule has 1 aromatic carbocycles. The number of thiophene rings is 1. The summed E-state index contributed by atoms with van der Waals surface area (Å²) >= 11 is 1.69. The van der Waals surface area contributed by atoms with Gasteiger partial charge in [-0.05, 0) is 36.8 Å². The van der Waals surface area contributed by atoms with Crippen molar-refractivity contribution in [1.82, 2.24) is 4.90 Å². The third kappa shape index (κ3) is 4.15.